The van der Waals surface area contributed by atoms with Gasteiger partial charge in [-0.2, -0.15) is 0 Å². The van der Waals surface area contributed by atoms with Gasteiger partial charge in [0.1, 0.15) is 5.60 Å². The maximum absolute atomic E-state index is 12.2. The van der Waals surface area contributed by atoms with Gasteiger partial charge in [-0.15, -0.1) is 0 Å². The van der Waals surface area contributed by atoms with Crippen molar-refractivity contribution in [1.29, 1.82) is 0 Å². The molecule has 0 aromatic heterocycles. The summed E-state index contributed by atoms with van der Waals surface area (Å²) in [5.74, 6) is 0.543. The number of nitrogens with one attached hydrogen (secondary N) is 1. The lowest BCUT2D eigenvalue weighted by Crippen LogP contribution is -2.50. The topological polar surface area (TPSA) is 61.9 Å². The van der Waals surface area contributed by atoms with E-state index in [1.54, 1.807) is 0 Å². The van der Waals surface area contributed by atoms with E-state index in [1.807, 2.05) is 37.8 Å². The van der Waals surface area contributed by atoms with Gasteiger partial charge in [-0.1, -0.05) is 18.6 Å². The van der Waals surface area contributed by atoms with Crippen LogP contribution in [0.15, 0.2) is 18.2 Å². The number of nitrogens with zero attached hydrogens (tertiary/aromatic N) is 2. The summed E-state index contributed by atoms with van der Waals surface area (Å²) in [6.07, 6.45) is 7.67. The Kier molecular flexibility index (Phi) is 7.75. The molecular weight excluding hydrogens is 378 g/mol. The molecule has 0 spiro atoms. The Bertz CT molecular complexity index is 721. The zero-order valence-electron chi connectivity index (χ0n) is 18.8. The Balaban J connectivity index is 1.41. The third-order valence-corrected chi connectivity index (χ3v) is 6.12. The van der Waals surface area contributed by atoms with Gasteiger partial charge in [-0.05, 0) is 82.5 Å². The number of carbonyl (C=O) groups is 2. The van der Waals surface area contributed by atoms with Gasteiger partial charge < -0.3 is 15.0 Å². The lowest BCUT2D eigenvalue weighted by Gasteiger charge is -2.35. The number of fused-ring (bicyclic) bond motifs is 1. The highest BCUT2D eigenvalue weighted by Crippen LogP contribution is 2.39. The predicted octanol–water partition coefficient (Wildman–Crippen LogP) is 4.40. The van der Waals surface area contributed by atoms with Crippen LogP contribution < -0.4 is 5.32 Å². The molecule has 30 heavy (non-hydrogen) atoms. The van der Waals surface area contributed by atoms with E-state index < -0.39 is 5.60 Å². The Labute approximate surface area is 180 Å². The summed E-state index contributed by atoms with van der Waals surface area (Å²) >= 11 is 0. The summed E-state index contributed by atoms with van der Waals surface area (Å²) in [6, 6.07) is 6.28. The lowest BCUT2D eigenvalue weighted by atomic mass is 9.79. The molecule has 6 nitrogen and oxygen atoms in total. The second kappa shape index (κ2) is 10.3. The van der Waals surface area contributed by atoms with Gasteiger partial charge in [0.2, 0.25) is 6.41 Å². The molecule has 0 saturated carbocycles. The normalized spacial score (nSPS) is 19.8. The van der Waals surface area contributed by atoms with Crippen molar-refractivity contribution in [2.45, 2.75) is 70.8 Å². The Morgan fingerprint density at radius 1 is 1.20 bits per heavy atom. The van der Waals surface area contributed by atoms with Crippen LogP contribution in [-0.2, 0) is 16.0 Å². The minimum absolute atomic E-state index is 0.196. The smallest absolute Gasteiger partial charge is 0.410 e. The molecule has 2 amide bonds. The fourth-order valence-electron chi connectivity index (χ4n) is 4.68. The van der Waals surface area contributed by atoms with Gasteiger partial charge in [-0.25, -0.2) is 4.79 Å². The van der Waals surface area contributed by atoms with E-state index in [1.165, 1.54) is 43.2 Å². The number of benzene rings is 1. The van der Waals surface area contributed by atoms with Crippen LogP contribution in [0.4, 0.5) is 10.5 Å². The van der Waals surface area contributed by atoms with Crippen LogP contribution in [0.3, 0.4) is 0 Å². The molecule has 1 N–H and O–H groups in total. The van der Waals surface area contributed by atoms with Crippen LogP contribution in [0.1, 0.15) is 69.9 Å². The molecule has 3 rings (SSSR count). The number of aryl methyl sites for hydroxylation is 1. The Morgan fingerprint density at radius 2 is 1.97 bits per heavy atom. The van der Waals surface area contributed by atoms with E-state index in [9.17, 15) is 9.59 Å². The molecule has 1 aromatic rings. The third kappa shape index (κ3) is 6.21. The molecule has 166 valence electrons. The number of ether oxygens (including phenoxy) is 1. The van der Waals surface area contributed by atoms with Gasteiger partial charge in [0.15, 0.2) is 0 Å². The van der Waals surface area contributed by atoms with Crippen molar-refractivity contribution in [3.05, 3.63) is 29.3 Å². The van der Waals surface area contributed by atoms with E-state index in [2.05, 4.69) is 16.3 Å². The average molecular weight is 416 g/mol. The highest BCUT2D eigenvalue weighted by molar-refractivity contribution is 5.74. The first-order chi connectivity index (χ1) is 14.4. The second-order valence-corrected chi connectivity index (χ2v) is 9.53. The molecule has 1 atom stereocenters. The van der Waals surface area contributed by atoms with Crippen molar-refractivity contribution >= 4 is 18.2 Å². The summed E-state index contributed by atoms with van der Waals surface area (Å²) in [4.78, 5) is 27.5. The first kappa shape index (κ1) is 22.6. The summed E-state index contributed by atoms with van der Waals surface area (Å²) in [5, 5.41) is 2.90. The lowest BCUT2D eigenvalue weighted by molar-refractivity contribution is -0.105. The molecule has 1 saturated heterocycles. The predicted molar refractivity (Wildman–Crippen MR) is 120 cm³/mol. The van der Waals surface area contributed by atoms with Crippen LogP contribution >= 0.6 is 0 Å². The number of unbranched alkanes of at least 4 members (excludes halogenated alkanes) is 1. The van der Waals surface area contributed by atoms with E-state index in [0.29, 0.717) is 5.92 Å². The van der Waals surface area contributed by atoms with E-state index >= 15 is 0 Å². The van der Waals surface area contributed by atoms with E-state index in [-0.39, 0.29) is 6.09 Å². The number of amides is 2. The number of anilines is 1. The van der Waals surface area contributed by atoms with E-state index in [0.717, 1.165) is 51.2 Å². The number of rotatable bonds is 7. The minimum Gasteiger partial charge on any atom is -0.444 e. The molecule has 1 heterocycles. The van der Waals surface area contributed by atoms with Crippen LogP contribution in [0.2, 0.25) is 0 Å². The average Bonchev–Trinajstić information content (AvgIpc) is 2.71. The molecule has 0 radical (unpaired) electrons. The highest BCUT2D eigenvalue weighted by Gasteiger charge is 2.26. The maximum Gasteiger partial charge on any atom is 0.410 e. The summed E-state index contributed by atoms with van der Waals surface area (Å²) in [6.45, 7) is 10.1. The third-order valence-electron chi connectivity index (χ3n) is 6.12. The largest absolute Gasteiger partial charge is 0.444 e. The van der Waals surface area contributed by atoms with Crippen LogP contribution in [0, 0.1) is 0 Å². The van der Waals surface area contributed by atoms with Crippen molar-refractivity contribution in [3.8, 4) is 0 Å². The molecule has 1 fully saturated rings. The van der Waals surface area contributed by atoms with Gasteiger partial charge >= 0.3 is 6.09 Å². The molecule has 1 aromatic carbocycles. The van der Waals surface area contributed by atoms with Gasteiger partial charge in [0.25, 0.3) is 0 Å². The zero-order valence-corrected chi connectivity index (χ0v) is 18.8. The van der Waals surface area contributed by atoms with Gasteiger partial charge in [-0.3, -0.25) is 9.69 Å². The number of carbonyl (C=O) groups excluding carboxylic acids is 2. The van der Waals surface area contributed by atoms with Gasteiger partial charge in [0, 0.05) is 31.9 Å². The van der Waals surface area contributed by atoms with Crippen molar-refractivity contribution < 1.29 is 14.3 Å². The van der Waals surface area contributed by atoms with Crippen molar-refractivity contribution in [3.63, 3.8) is 0 Å². The second-order valence-electron chi connectivity index (χ2n) is 9.53. The standard InChI is InChI=1S/C24H37N3O3/c1-24(2,3)30-23(29)27-16-14-26(15-17-27)13-5-4-8-19-9-6-10-20-11-7-12-21(22(19)20)25-18-28/h7,11-12,18-19H,4-6,8-10,13-17H2,1-3H3,(H,25,28). The molecule has 2 aliphatic rings. The number of hydrogen-bond acceptors (Lipinski definition) is 4. The SMILES string of the molecule is CC(C)(C)OC(=O)N1CCN(CCCCC2CCCc3cccc(NC=O)c32)CC1. The molecule has 6 heteroatoms. The fourth-order valence-corrected chi connectivity index (χ4v) is 4.68. The zero-order chi connectivity index (χ0) is 21.6. The molecule has 1 unspecified atom stereocenters. The van der Waals surface area contributed by atoms with Crippen molar-refractivity contribution in [2.24, 2.45) is 0 Å². The molecule has 0 bridgehead atoms. The summed E-state index contributed by atoms with van der Waals surface area (Å²) < 4.78 is 5.48. The maximum atomic E-state index is 12.2. The van der Waals surface area contributed by atoms with Crippen LogP contribution in [-0.4, -0.2) is 60.6 Å². The Morgan fingerprint density at radius 3 is 2.67 bits per heavy atom. The van der Waals surface area contributed by atoms with Crippen LogP contribution in [0.25, 0.3) is 0 Å². The van der Waals surface area contributed by atoms with Crippen LogP contribution in [0.5, 0.6) is 0 Å². The quantitative estimate of drug-likeness (QED) is 0.530. The molecule has 1 aliphatic carbocycles. The monoisotopic (exact) mass is 415 g/mol. The summed E-state index contributed by atoms with van der Waals surface area (Å²) in [5.41, 5.74) is 3.32. The van der Waals surface area contributed by atoms with Crippen molar-refractivity contribution in [2.75, 3.05) is 38.0 Å². The number of piperazine rings is 1. The molecular formula is C24H37N3O3. The Hall–Kier alpha value is -2.08. The first-order valence-corrected chi connectivity index (χ1v) is 11.4. The molecule has 1 aliphatic heterocycles. The first-order valence-electron chi connectivity index (χ1n) is 11.4. The van der Waals surface area contributed by atoms with E-state index in [4.69, 9.17) is 4.74 Å². The van der Waals surface area contributed by atoms with Crippen molar-refractivity contribution in [1.82, 2.24) is 9.80 Å². The number of hydrogen-bond donors (Lipinski definition) is 1. The van der Waals surface area contributed by atoms with Gasteiger partial charge in [0.05, 0.1) is 0 Å². The highest BCUT2D eigenvalue weighted by atomic mass is 16.6. The summed E-state index contributed by atoms with van der Waals surface area (Å²) in [7, 11) is 0. The minimum atomic E-state index is -0.437. The fraction of sp³-hybridized carbons (Fsp3) is 0.667.